The number of benzene rings is 2. The van der Waals surface area contributed by atoms with E-state index in [0.29, 0.717) is 47.0 Å². The molecule has 18 heteroatoms. The number of ether oxygens (including phenoxy) is 1. The molecule has 6 rings (SSSR count). The zero-order valence-electron chi connectivity index (χ0n) is 29.4. The van der Waals surface area contributed by atoms with E-state index in [1.54, 1.807) is 30.6 Å². The molecular formula is C35H36N10O8. The van der Waals surface area contributed by atoms with Crippen molar-refractivity contribution in [2.24, 2.45) is 11.5 Å². The van der Waals surface area contributed by atoms with Crippen LogP contribution in [0.2, 0.25) is 0 Å². The Bertz CT molecular complexity index is 2470. The molecule has 4 amide bonds. The highest BCUT2D eigenvalue weighted by Gasteiger charge is 2.25. The number of imidazole rings is 2. The summed E-state index contributed by atoms with van der Waals surface area (Å²) < 4.78 is 19.9. The summed E-state index contributed by atoms with van der Waals surface area (Å²) in [5.41, 5.74) is 13.3. The van der Waals surface area contributed by atoms with Gasteiger partial charge in [-0.2, -0.15) is 0 Å². The molecule has 4 aromatic heterocycles. The number of amides is 4. The molecule has 0 saturated carbocycles. The number of rotatable bonds is 13. The minimum atomic E-state index is -0.773. The van der Waals surface area contributed by atoms with Gasteiger partial charge in [0.25, 0.3) is 11.8 Å². The highest BCUT2D eigenvalue weighted by molar-refractivity contribution is 6.05. The molecule has 0 aliphatic heterocycles. The number of methoxy groups -OCH3 is 1. The molecule has 0 aliphatic carbocycles. The number of carbonyl (C=O) groups excluding carboxylic acids is 4. The van der Waals surface area contributed by atoms with Gasteiger partial charge in [-0.25, -0.2) is 19.9 Å². The number of primary amides is 2. The van der Waals surface area contributed by atoms with Crippen molar-refractivity contribution in [3.05, 3.63) is 82.2 Å². The molecule has 0 fully saturated rings. The minimum absolute atomic E-state index is 0.0164. The van der Waals surface area contributed by atoms with E-state index in [0.717, 1.165) is 0 Å². The number of anilines is 2. The first-order valence-electron chi connectivity index (χ1n) is 16.4. The van der Waals surface area contributed by atoms with E-state index in [9.17, 15) is 24.3 Å². The minimum Gasteiger partial charge on any atom is -0.506 e. The molecule has 0 bridgehead atoms. The third-order valence-electron chi connectivity index (χ3n) is 8.30. The standard InChI is InChI=1S/C35H36N10O8/c1-6-20-28(52-16(3)38-20)32(49)42-34-40-22-12-18(30(36)47)14-24(46)26(22)44(34)10-8-9-11-45-27-23(13-19(31(37)48)15-25(27)51-5)41-35(45)43-33(50)29-21(7-2)39-17(4)53-29/h8-9,12-15,46H,6-7,10-11H2,1-5H3,(H2,36,47)(H2,37,48)(H,40,42,49)(H,41,43,50). The largest absolute Gasteiger partial charge is 0.506 e. The fourth-order valence-corrected chi connectivity index (χ4v) is 5.91. The summed E-state index contributed by atoms with van der Waals surface area (Å²) >= 11 is 0. The quantitative estimate of drug-likeness (QED) is 0.107. The summed E-state index contributed by atoms with van der Waals surface area (Å²) in [5.74, 6) is -1.83. The number of hydrogen-bond acceptors (Lipinski definition) is 12. The second-order valence-electron chi connectivity index (χ2n) is 11.8. The van der Waals surface area contributed by atoms with E-state index in [-0.39, 0.29) is 70.2 Å². The number of phenols is 1. The molecule has 274 valence electrons. The number of hydrogen-bond donors (Lipinski definition) is 5. The second-order valence-corrected chi connectivity index (χ2v) is 11.8. The average Bonchev–Trinajstić information content (AvgIpc) is 3.88. The van der Waals surface area contributed by atoms with Crippen LogP contribution in [0.4, 0.5) is 11.9 Å². The summed E-state index contributed by atoms with van der Waals surface area (Å²) in [4.78, 5) is 68.4. The Morgan fingerprint density at radius 2 is 1.21 bits per heavy atom. The lowest BCUT2D eigenvalue weighted by atomic mass is 10.1. The van der Waals surface area contributed by atoms with Crippen molar-refractivity contribution in [2.45, 2.75) is 53.6 Å². The summed E-state index contributed by atoms with van der Waals surface area (Å²) in [7, 11) is 1.43. The summed E-state index contributed by atoms with van der Waals surface area (Å²) in [6.45, 7) is 7.11. The fourth-order valence-electron chi connectivity index (χ4n) is 5.91. The molecule has 2 aromatic carbocycles. The van der Waals surface area contributed by atoms with Crippen molar-refractivity contribution in [1.82, 2.24) is 29.1 Å². The van der Waals surface area contributed by atoms with Gasteiger partial charge in [-0.1, -0.05) is 26.0 Å². The van der Waals surface area contributed by atoms with Crippen molar-refractivity contribution in [2.75, 3.05) is 17.7 Å². The van der Waals surface area contributed by atoms with Gasteiger partial charge in [0.15, 0.2) is 11.8 Å². The molecule has 0 aliphatic rings. The van der Waals surface area contributed by atoms with E-state index in [1.165, 1.54) is 35.9 Å². The van der Waals surface area contributed by atoms with Crippen LogP contribution >= 0.6 is 0 Å². The van der Waals surface area contributed by atoms with Crippen LogP contribution in [0.25, 0.3) is 22.1 Å². The van der Waals surface area contributed by atoms with Crippen LogP contribution in [-0.4, -0.2) is 64.9 Å². The zero-order chi connectivity index (χ0) is 38.1. The Kier molecular flexibility index (Phi) is 9.69. The number of fused-ring (bicyclic) bond motifs is 2. The predicted molar refractivity (Wildman–Crippen MR) is 191 cm³/mol. The highest BCUT2D eigenvalue weighted by atomic mass is 16.5. The maximum atomic E-state index is 13.4. The Hall–Kier alpha value is -6.98. The fraction of sp³-hybridized carbons (Fsp3) is 0.257. The first-order chi connectivity index (χ1) is 25.3. The molecule has 53 heavy (non-hydrogen) atoms. The molecule has 0 saturated heterocycles. The van der Waals surface area contributed by atoms with Crippen LogP contribution in [0.1, 0.15) is 78.8 Å². The van der Waals surface area contributed by atoms with Gasteiger partial charge < -0.3 is 39.3 Å². The van der Waals surface area contributed by atoms with E-state index in [1.807, 2.05) is 13.8 Å². The van der Waals surface area contributed by atoms with Gasteiger partial charge in [-0.05, 0) is 37.1 Å². The Balaban J connectivity index is 1.38. The number of nitrogens with zero attached hydrogens (tertiary/aromatic N) is 6. The summed E-state index contributed by atoms with van der Waals surface area (Å²) in [5, 5.41) is 16.5. The third-order valence-corrected chi connectivity index (χ3v) is 8.30. The lowest BCUT2D eigenvalue weighted by Crippen LogP contribution is -2.17. The van der Waals surface area contributed by atoms with Crippen LogP contribution in [0.15, 0.2) is 45.3 Å². The number of allylic oxidation sites excluding steroid dienone is 2. The smallest absolute Gasteiger partial charge is 0.295 e. The first-order valence-corrected chi connectivity index (χ1v) is 16.4. The molecule has 7 N–H and O–H groups in total. The number of aryl methyl sites for hydroxylation is 4. The van der Waals surface area contributed by atoms with Crippen LogP contribution in [0.3, 0.4) is 0 Å². The van der Waals surface area contributed by atoms with Crippen molar-refractivity contribution in [3.8, 4) is 11.5 Å². The number of aromatic hydroxyl groups is 1. The summed E-state index contributed by atoms with van der Waals surface area (Å²) in [6, 6.07) is 5.58. The highest BCUT2D eigenvalue weighted by Crippen LogP contribution is 2.32. The maximum absolute atomic E-state index is 13.4. The predicted octanol–water partition coefficient (Wildman–Crippen LogP) is 3.78. The zero-order valence-corrected chi connectivity index (χ0v) is 29.4. The lowest BCUT2D eigenvalue weighted by Gasteiger charge is -2.11. The lowest BCUT2D eigenvalue weighted by molar-refractivity contribution is 0.0985. The Morgan fingerprint density at radius 3 is 1.66 bits per heavy atom. The Labute approximate surface area is 300 Å². The number of carbonyl (C=O) groups is 4. The van der Waals surface area contributed by atoms with Crippen LogP contribution < -0.4 is 26.8 Å². The van der Waals surface area contributed by atoms with E-state index in [2.05, 4.69) is 30.6 Å². The van der Waals surface area contributed by atoms with E-state index in [4.69, 9.17) is 25.0 Å². The number of oxazole rings is 2. The average molecular weight is 725 g/mol. The molecule has 0 atom stereocenters. The number of nitrogens with one attached hydrogen (secondary N) is 2. The summed E-state index contributed by atoms with van der Waals surface area (Å²) in [6.07, 6.45) is 4.37. The first kappa shape index (κ1) is 35.8. The normalized spacial score (nSPS) is 11.5. The number of nitrogens with two attached hydrogens (primary N) is 2. The number of phenolic OH excluding ortho intramolecular Hbond substituents is 1. The molecule has 4 heterocycles. The van der Waals surface area contributed by atoms with Gasteiger partial charge in [0.2, 0.25) is 35.2 Å². The Morgan fingerprint density at radius 1 is 0.755 bits per heavy atom. The van der Waals surface area contributed by atoms with Crippen molar-refractivity contribution in [1.29, 1.82) is 0 Å². The van der Waals surface area contributed by atoms with Gasteiger partial charge in [-0.3, -0.25) is 29.8 Å². The molecule has 0 radical (unpaired) electrons. The molecule has 6 aromatic rings. The molecule has 0 unspecified atom stereocenters. The van der Waals surface area contributed by atoms with Crippen molar-refractivity contribution >= 4 is 57.6 Å². The van der Waals surface area contributed by atoms with E-state index >= 15 is 0 Å². The van der Waals surface area contributed by atoms with E-state index < -0.39 is 23.6 Å². The molecule has 0 spiro atoms. The van der Waals surface area contributed by atoms with Gasteiger partial charge in [0.1, 0.15) is 22.5 Å². The molecule has 18 nitrogen and oxygen atoms in total. The monoisotopic (exact) mass is 724 g/mol. The van der Waals surface area contributed by atoms with Crippen molar-refractivity contribution < 1.29 is 37.9 Å². The van der Waals surface area contributed by atoms with Crippen molar-refractivity contribution in [3.63, 3.8) is 0 Å². The maximum Gasteiger partial charge on any atom is 0.295 e. The molecular weight excluding hydrogens is 688 g/mol. The van der Waals surface area contributed by atoms with Crippen LogP contribution in [0, 0.1) is 13.8 Å². The van der Waals surface area contributed by atoms with Gasteiger partial charge >= 0.3 is 0 Å². The third kappa shape index (κ3) is 6.88. The second kappa shape index (κ2) is 14.3. The topological polar surface area (TPSA) is 262 Å². The SMILES string of the molecule is CCc1nc(C)oc1C(=O)Nc1nc2cc(C(N)=O)cc(O)c2n1CC=CCn1c(NC(=O)c2oc(C)nc2CC)nc2cc(C(N)=O)cc(OC)c21. The van der Waals surface area contributed by atoms with Crippen LogP contribution in [-0.2, 0) is 25.9 Å². The van der Waals surface area contributed by atoms with Gasteiger partial charge in [-0.15, -0.1) is 0 Å². The number of aromatic nitrogens is 6. The van der Waals surface area contributed by atoms with Crippen LogP contribution in [0.5, 0.6) is 11.5 Å². The van der Waals surface area contributed by atoms with Gasteiger partial charge in [0.05, 0.1) is 29.5 Å². The van der Waals surface area contributed by atoms with Gasteiger partial charge in [0, 0.05) is 38.1 Å².